The Morgan fingerprint density at radius 1 is 1.44 bits per heavy atom. The van der Waals surface area contributed by atoms with Crippen molar-refractivity contribution >= 4 is 0 Å². The van der Waals surface area contributed by atoms with Crippen molar-refractivity contribution in [3.8, 4) is 0 Å². The Hall–Kier alpha value is -0.930. The number of rotatable bonds is 7. The van der Waals surface area contributed by atoms with E-state index >= 15 is 0 Å². The second-order valence-corrected chi connectivity index (χ2v) is 4.18. The lowest BCUT2D eigenvalue weighted by Gasteiger charge is -2.20. The van der Waals surface area contributed by atoms with Gasteiger partial charge in [0, 0.05) is 12.4 Å². The molecule has 1 atom stereocenters. The lowest BCUT2D eigenvalue weighted by atomic mass is 10.1. The lowest BCUT2D eigenvalue weighted by molar-refractivity contribution is 0.0610. The van der Waals surface area contributed by atoms with Crippen LogP contribution in [0.15, 0.2) is 24.5 Å². The minimum atomic E-state index is 0.246. The summed E-state index contributed by atoms with van der Waals surface area (Å²) in [5.74, 6) is 0. The summed E-state index contributed by atoms with van der Waals surface area (Å²) in [6.45, 7) is 7.97. The molecule has 0 aliphatic heterocycles. The number of nitrogens with one attached hydrogen (secondary N) is 1. The molecule has 3 nitrogen and oxygen atoms in total. The van der Waals surface area contributed by atoms with Crippen LogP contribution in [0.3, 0.4) is 0 Å². The van der Waals surface area contributed by atoms with Gasteiger partial charge in [-0.2, -0.15) is 0 Å². The summed E-state index contributed by atoms with van der Waals surface area (Å²) in [5, 5.41) is 3.48. The molecule has 1 aromatic heterocycles. The van der Waals surface area contributed by atoms with Gasteiger partial charge in [-0.1, -0.05) is 13.0 Å². The van der Waals surface area contributed by atoms with Crippen molar-refractivity contribution in [2.75, 3.05) is 13.2 Å². The zero-order valence-electron chi connectivity index (χ0n) is 10.4. The molecule has 0 aromatic carbocycles. The maximum atomic E-state index is 5.67. The van der Waals surface area contributed by atoms with E-state index in [1.54, 1.807) is 6.20 Å². The monoisotopic (exact) mass is 222 g/mol. The van der Waals surface area contributed by atoms with Crippen LogP contribution in [-0.2, 0) is 4.74 Å². The zero-order valence-corrected chi connectivity index (χ0v) is 10.4. The van der Waals surface area contributed by atoms with Gasteiger partial charge in [0.25, 0.3) is 0 Å². The van der Waals surface area contributed by atoms with Crippen LogP contribution in [0, 0.1) is 0 Å². The molecule has 0 aliphatic rings. The topological polar surface area (TPSA) is 34.1 Å². The van der Waals surface area contributed by atoms with Crippen molar-refractivity contribution in [3.05, 3.63) is 30.1 Å². The van der Waals surface area contributed by atoms with Gasteiger partial charge in [0.05, 0.1) is 18.8 Å². The molecule has 1 unspecified atom stereocenters. The molecule has 0 aliphatic carbocycles. The first-order valence-corrected chi connectivity index (χ1v) is 5.99. The van der Waals surface area contributed by atoms with Crippen LogP contribution in [0.5, 0.6) is 0 Å². The quantitative estimate of drug-likeness (QED) is 0.770. The second kappa shape index (κ2) is 7.36. The van der Waals surface area contributed by atoms with Crippen molar-refractivity contribution in [3.63, 3.8) is 0 Å². The number of pyridine rings is 1. The first-order chi connectivity index (χ1) is 7.74. The molecule has 1 aromatic rings. The van der Waals surface area contributed by atoms with Crippen LogP contribution >= 0.6 is 0 Å². The standard InChI is InChI=1S/C13H22N2O/c1-4-7-15-13(10-16-11(2)3)12-6-5-8-14-9-12/h5-6,8-9,11,13,15H,4,7,10H2,1-3H3. The van der Waals surface area contributed by atoms with Crippen molar-refractivity contribution < 1.29 is 4.74 Å². The summed E-state index contributed by atoms with van der Waals surface area (Å²) in [7, 11) is 0. The second-order valence-electron chi connectivity index (χ2n) is 4.18. The van der Waals surface area contributed by atoms with Crippen molar-refractivity contribution in [2.45, 2.75) is 39.3 Å². The average Bonchev–Trinajstić information content (AvgIpc) is 2.30. The Kier molecular flexibility index (Phi) is 6.04. The first-order valence-electron chi connectivity index (χ1n) is 5.99. The molecule has 1 rings (SSSR count). The lowest BCUT2D eigenvalue weighted by Crippen LogP contribution is -2.27. The molecule has 0 radical (unpaired) electrons. The normalized spacial score (nSPS) is 13.0. The third kappa shape index (κ3) is 4.73. The number of hydrogen-bond donors (Lipinski definition) is 1. The molecule has 1 N–H and O–H groups in total. The van der Waals surface area contributed by atoms with Crippen LogP contribution in [0.25, 0.3) is 0 Å². The summed E-state index contributed by atoms with van der Waals surface area (Å²) in [5.41, 5.74) is 1.19. The van der Waals surface area contributed by atoms with E-state index < -0.39 is 0 Å². The van der Waals surface area contributed by atoms with Crippen LogP contribution in [0.2, 0.25) is 0 Å². The van der Waals surface area contributed by atoms with Gasteiger partial charge < -0.3 is 10.1 Å². The van der Waals surface area contributed by atoms with E-state index in [9.17, 15) is 0 Å². The molecule has 0 fully saturated rings. The number of hydrogen-bond acceptors (Lipinski definition) is 3. The van der Waals surface area contributed by atoms with Crippen LogP contribution in [0.4, 0.5) is 0 Å². The zero-order chi connectivity index (χ0) is 11.8. The Labute approximate surface area is 98.2 Å². The fourth-order valence-corrected chi connectivity index (χ4v) is 1.46. The molecule has 0 spiro atoms. The van der Waals surface area contributed by atoms with E-state index in [0.29, 0.717) is 6.61 Å². The minimum absolute atomic E-state index is 0.246. The summed E-state index contributed by atoms with van der Waals surface area (Å²) >= 11 is 0. The van der Waals surface area contributed by atoms with E-state index in [-0.39, 0.29) is 12.1 Å². The predicted molar refractivity (Wildman–Crippen MR) is 66.4 cm³/mol. The summed E-state index contributed by atoms with van der Waals surface area (Å²) in [4.78, 5) is 4.15. The minimum Gasteiger partial charge on any atom is -0.377 e. The Morgan fingerprint density at radius 3 is 2.81 bits per heavy atom. The van der Waals surface area contributed by atoms with Crippen molar-refractivity contribution in [1.82, 2.24) is 10.3 Å². The Bertz CT molecular complexity index is 275. The van der Waals surface area contributed by atoms with Crippen LogP contribution < -0.4 is 5.32 Å². The van der Waals surface area contributed by atoms with E-state index in [4.69, 9.17) is 4.74 Å². The summed E-state index contributed by atoms with van der Waals surface area (Å²) < 4.78 is 5.67. The van der Waals surface area contributed by atoms with Gasteiger partial charge in [0.15, 0.2) is 0 Å². The molecular formula is C13H22N2O. The largest absolute Gasteiger partial charge is 0.377 e. The molecular weight excluding hydrogens is 200 g/mol. The number of nitrogens with zero attached hydrogens (tertiary/aromatic N) is 1. The van der Waals surface area contributed by atoms with Crippen LogP contribution in [-0.4, -0.2) is 24.2 Å². The molecule has 0 amide bonds. The van der Waals surface area contributed by atoms with Gasteiger partial charge >= 0.3 is 0 Å². The Balaban J connectivity index is 2.56. The van der Waals surface area contributed by atoms with Crippen molar-refractivity contribution in [2.24, 2.45) is 0 Å². The highest BCUT2D eigenvalue weighted by Gasteiger charge is 2.11. The highest BCUT2D eigenvalue weighted by atomic mass is 16.5. The average molecular weight is 222 g/mol. The first kappa shape index (κ1) is 13.1. The summed E-state index contributed by atoms with van der Waals surface area (Å²) in [6, 6.07) is 4.30. The fourth-order valence-electron chi connectivity index (χ4n) is 1.46. The molecule has 0 saturated carbocycles. The third-order valence-corrected chi connectivity index (χ3v) is 2.32. The number of ether oxygens (including phenoxy) is 1. The fraction of sp³-hybridized carbons (Fsp3) is 0.615. The molecule has 1 heterocycles. The van der Waals surface area contributed by atoms with E-state index in [2.05, 4.69) is 37.1 Å². The van der Waals surface area contributed by atoms with Crippen molar-refractivity contribution in [1.29, 1.82) is 0 Å². The maximum Gasteiger partial charge on any atom is 0.0665 e. The molecule has 0 saturated heterocycles. The highest BCUT2D eigenvalue weighted by Crippen LogP contribution is 2.12. The van der Waals surface area contributed by atoms with Gasteiger partial charge in [-0.25, -0.2) is 0 Å². The van der Waals surface area contributed by atoms with E-state index in [1.165, 1.54) is 5.56 Å². The highest BCUT2D eigenvalue weighted by molar-refractivity contribution is 5.13. The van der Waals surface area contributed by atoms with E-state index in [1.807, 2.05) is 12.3 Å². The van der Waals surface area contributed by atoms with Gasteiger partial charge in [-0.15, -0.1) is 0 Å². The molecule has 3 heteroatoms. The smallest absolute Gasteiger partial charge is 0.0665 e. The van der Waals surface area contributed by atoms with Crippen LogP contribution in [0.1, 0.15) is 38.8 Å². The third-order valence-electron chi connectivity index (χ3n) is 2.32. The predicted octanol–water partition coefficient (Wildman–Crippen LogP) is 2.55. The summed E-state index contributed by atoms with van der Waals surface area (Å²) in [6.07, 6.45) is 5.08. The van der Waals surface area contributed by atoms with Gasteiger partial charge in [-0.3, -0.25) is 4.98 Å². The van der Waals surface area contributed by atoms with E-state index in [0.717, 1.165) is 13.0 Å². The molecule has 90 valence electrons. The molecule has 0 bridgehead atoms. The SMILES string of the molecule is CCCNC(COC(C)C)c1cccnc1. The number of aromatic nitrogens is 1. The van der Waals surface area contributed by atoms with Gasteiger partial charge in [0.1, 0.15) is 0 Å². The van der Waals surface area contributed by atoms with Gasteiger partial charge in [-0.05, 0) is 38.4 Å². The Morgan fingerprint density at radius 2 is 2.25 bits per heavy atom. The van der Waals surface area contributed by atoms with Gasteiger partial charge in [0.2, 0.25) is 0 Å². The molecule has 16 heavy (non-hydrogen) atoms. The maximum absolute atomic E-state index is 5.67.